The highest BCUT2D eigenvalue weighted by Crippen LogP contribution is 2.33. The lowest BCUT2D eigenvalue weighted by atomic mass is 9.99. The Morgan fingerprint density at radius 3 is 2.53 bits per heavy atom. The van der Waals surface area contributed by atoms with Crippen LogP contribution in [0.3, 0.4) is 0 Å². The molecule has 0 spiro atoms. The molecule has 1 fully saturated rings. The van der Waals surface area contributed by atoms with Crippen LogP contribution in [0.5, 0.6) is 11.6 Å². The molecule has 1 aliphatic rings. The van der Waals surface area contributed by atoms with Crippen molar-refractivity contribution in [3.8, 4) is 11.6 Å². The van der Waals surface area contributed by atoms with Gasteiger partial charge in [-0.3, -0.25) is 4.79 Å². The van der Waals surface area contributed by atoms with E-state index in [1.807, 2.05) is 33.8 Å². The number of allylic oxidation sites excluding steroid dienone is 3. The molecule has 0 saturated carbocycles. The van der Waals surface area contributed by atoms with E-state index >= 15 is 0 Å². The largest absolute Gasteiger partial charge is 0.573 e. The van der Waals surface area contributed by atoms with Crippen LogP contribution in [0.25, 0.3) is 5.57 Å². The van der Waals surface area contributed by atoms with Crippen LogP contribution in [0.1, 0.15) is 33.3 Å². The quantitative estimate of drug-likeness (QED) is 0.309. The van der Waals surface area contributed by atoms with Gasteiger partial charge in [-0.15, -0.1) is 13.2 Å². The maximum atomic E-state index is 13.0. The van der Waals surface area contributed by atoms with Gasteiger partial charge in [0.05, 0.1) is 19.3 Å². The Bertz CT molecular complexity index is 1210. The molecule has 1 N–H and O–H groups in total. The Kier molecular flexibility index (Phi) is 9.57. The van der Waals surface area contributed by atoms with Gasteiger partial charge in [-0.2, -0.15) is 0 Å². The first-order valence-electron chi connectivity index (χ1n) is 12.2. The first kappa shape index (κ1) is 28.8. The van der Waals surface area contributed by atoms with E-state index in [9.17, 15) is 18.0 Å². The van der Waals surface area contributed by atoms with Crippen molar-refractivity contribution in [2.75, 3.05) is 36.5 Å². The van der Waals surface area contributed by atoms with Crippen molar-refractivity contribution in [1.82, 2.24) is 4.98 Å². The Morgan fingerprint density at radius 2 is 1.92 bits per heavy atom. The predicted octanol–water partition coefficient (Wildman–Crippen LogP) is 6.15. The number of alkyl halides is 3. The predicted molar refractivity (Wildman–Crippen MR) is 141 cm³/mol. The second-order valence-corrected chi connectivity index (χ2v) is 9.06. The summed E-state index contributed by atoms with van der Waals surface area (Å²) in [5, 5.41) is 2.60. The van der Waals surface area contributed by atoms with Crippen LogP contribution in [-0.4, -0.2) is 49.7 Å². The summed E-state index contributed by atoms with van der Waals surface area (Å²) < 4.78 is 53.1. The zero-order chi connectivity index (χ0) is 27.9. The molecule has 1 aromatic heterocycles. The highest BCUT2D eigenvalue weighted by atomic mass is 19.4. The number of pyridine rings is 1. The van der Waals surface area contributed by atoms with Gasteiger partial charge in [0.2, 0.25) is 5.88 Å². The van der Waals surface area contributed by atoms with Crippen LogP contribution in [0.15, 0.2) is 66.4 Å². The minimum absolute atomic E-state index is 0.0629. The Hall–Kier alpha value is -3.79. The monoisotopic (exact) mass is 531 g/mol. The van der Waals surface area contributed by atoms with Crippen molar-refractivity contribution in [2.24, 2.45) is 0 Å². The number of hydrogen-bond donors (Lipinski definition) is 1. The summed E-state index contributed by atoms with van der Waals surface area (Å²) in [6, 6.07) is 7.05. The summed E-state index contributed by atoms with van der Waals surface area (Å²) in [5.41, 5.74) is 3.65. The molecule has 10 heteroatoms. The molecule has 3 rings (SSSR count). The standard InChI is InChI=1S/C28H32F3N3O4/c1-6-20(26(35)33-22-8-7-9-23(16-22)38-28(29,30)31)14-24(18(2)3)21-15-25(34-10-12-36-13-11-34)27(32-17-21)37-19(4)5/h6-9,14-17,19H,1,10-13H2,2-5H3,(H,33,35). The fourth-order valence-corrected chi connectivity index (χ4v) is 3.80. The number of carbonyl (C=O) groups excluding carboxylic acids is 1. The first-order valence-corrected chi connectivity index (χ1v) is 12.2. The number of ether oxygens (including phenoxy) is 3. The van der Waals surface area contributed by atoms with Gasteiger partial charge in [0.1, 0.15) is 11.4 Å². The van der Waals surface area contributed by atoms with Gasteiger partial charge in [0.15, 0.2) is 0 Å². The van der Waals surface area contributed by atoms with Crippen LogP contribution >= 0.6 is 0 Å². The molecule has 2 heterocycles. The van der Waals surface area contributed by atoms with Crippen LogP contribution < -0.4 is 19.7 Å². The SMILES string of the molecule is C=CC(=CC(=C(C)C)c1cnc(OC(C)C)c(N2CCOCC2)c1)C(=O)Nc1cccc(OC(F)(F)F)c1. The lowest BCUT2D eigenvalue weighted by Crippen LogP contribution is -2.36. The van der Waals surface area contributed by atoms with E-state index in [-0.39, 0.29) is 17.4 Å². The van der Waals surface area contributed by atoms with E-state index in [2.05, 4.69) is 26.5 Å². The number of amides is 1. The van der Waals surface area contributed by atoms with Crippen molar-refractivity contribution in [2.45, 2.75) is 40.2 Å². The maximum absolute atomic E-state index is 13.0. The third-order valence-electron chi connectivity index (χ3n) is 5.49. The van der Waals surface area contributed by atoms with Gasteiger partial charge in [-0.25, -0.2) is 4.98 Å². The topological polar surface area (TPSA) is 72.9 Å². The smallest absolute Gasteiger partial charge is 0.473 e. The number of carbonyl (C=O) groups is 1. The maximum Gasteiger partial charge on any atom is 0.573 e. The molecule has 1 aliphatic heterocycles. The van der Waals surface area contributed by atoms with Crippen molar-refractivity contribution < 1.29 is 32.2 Å². The normalized spacial score (nSPS) is 14.2. The van der Waals surface area contributed by atoms with E-state index in [0.29, 0.717) is 32.2 Å². The number of benzene rings is 1. The van der Waals surface area contributed by atoms with E-state index in [0.717, 1.165) is 34.5 Å². The fraction of sp³-hybridized carbons (Fsp3) is 0.357. The number of morpholine rings is 1. The molecule has 1 amide bonds. The summed E-state index contributed by atoms with van der Waals surface area (Å²) in [6.45, 7) is 14.0. The molecular weight excluding hydrogens is 499 g/mol. The van der Waals surface area contributed by atoms with Crippen molar-refractivity contribution in [3.63, 3.8) is 0 Å². The third kappa shape index (κ3) is 8.11. The molecule has 204 valence electrons. The van der Waals surface area contributed by atoms with E-state index in [1.165, 1.54) is 18.2 Å². The van der Waals surface area contributed by atoms with Gasteiger partial charge < -0.3 is 24.4 Å². The zero-order valence-corrected chi connectivity index (χ0v) is 21.9. The lowest BCUT2D eigenvalue weighted by Gasteiger charge is -2.30. The number of rotatable bonds is 9. The summed E-state index contributed by atoms with van der Waals surface area (Å²) in [6.07, 6.45) is -0.140. The lowest BCUT2D eigenvalue weighted by molar-refractivity contribution is -0.274. The molecule has 1 aromatic carbocycles. The Morgan fingerprint density at radius 1 is 1.21 bits per heavy atom. The van der Waals surface area contributed by atoms with Gasteiger partial charge in [0.25, 0.3) is 5.91 Å². The molecule has 0 atom stereocenters. The van der Waals surface area contributed by atoms with Gasteiger partial charge >= 0.3 is 6.36 Å². The molecule has 1 saturated heterocycles. The Balaban J connectivity index is 1.92. The zero-order valence-electron chi connectivity index (χ0n) is 21.9. The number of halogens is 3. The van der Waals surface area contributed by atoms with Crippen molar-refractivity contribution in [1.29, 1.82) is 0 Å². The highest BCUT2D eigenvalue weighted by Gasteiger charge is 2.31. The van der Waals surface area contributed by atoms with Crippen LogP contribution in [0, 0.1) is 0 Å². The highest BCUT2D eigenvalue weighted by molar-refractivity contribution is 6.07. The van der Waals surface area contributed by atoms with Crippen molar-refractivity contribution in [3.05, 3.63) is 72.0 Å². The molecule has 0 radical (unpaired) electrons. The summed E-state index contributed by atoms with van der Waals surface area (Å²) in [7, 11) is 0. The number of anilines is 2. The van der Waals surface area contributed by atoms with Gasteiger partial charge in [-0.1, -0.05) is 24.3 Å². The number of hydrogen-bond acceptors (Lipinski definition) is 6. The summed E-state index contributed by atoms with van der Waals surface area (Å²) >= 11 is 0. The van der Waals surface area contributed by atoms with Crippen LogP contribution in [0.4, 0.5) is 24.5 Å². The van der Waals surface area contributed by atoms with E-state index in [4.69, 9.17) is 9.47 Å². The second kappa shape index (κ2) is 12.6. The average Bonchev–Trinajstić information content (AvgIpc) is 2.84. The number of nitrogens with zero attached hydrogens (tertiary/aromatic N) is 2. The minimum atomic E-state index is -4.84. The van der Waals surface area contributed by atoms with Gasteiger partial charge in [-0.05, 0) is 57.5 Å². The Labute approximate surface area is 220 Å². The molecule has 0 unspecified atom stereocenters. The molecule has 7 nitrogen and oxygen atoms in total. The number of aromatic nitrogens is 1. The summed E-state index contributed by atoms with van der Waals surface area (Å²) in [5.74, 6) is -0.454. The van der Waals surface area contributed by atoms with E-state index < -0.39 is 18.0 Å². The molecular formula is C28H32F3N3O4. The molecule has 0 aliphatic carbocycles. The average molecular weight is 532 g/mol. The fourth-order valence-electron chi connectivity index (χ4n) is 3.80. The molecule has 2 aromatic rings. The molecule has 38 heavy (non-hydrogen) atoms. The van der Waals surface area contributed by atoms with Crippen molar-refractivity contribution >= 4 is 22.9 Å². The number of nitrogens with one attached hydrogen (secondary N) is 1. The molecule has 0 bridgehead atoms. The third-order valence-corrected chi connectivity index (χ3v) is 5.49. The van der Waals surface area contributed by atoms with Crippen LogP contribution in [-0.2, 0) is 9.53 Å². The first-order chi connectivity index (χ1) is 18.0. The second-order valence-electron chi connectivity index (χ2n) is 9.06. The minimum Gasteiger partial charge on any atom is -0.473 e. The van der Waals surface area contributed by atoms with Gasteiger partial charge in [0, 0.05) is 42.2 Å². The van der Waals surface area contributed by atoms with Crippen LogP contribution in [0.2, 0.25) is 0 Å². The summed E-state index contributed by atoms with van der Waals surface area (Å²) in [4.78, 5) is 19.8. The van der Waals surface area contributed by atoms with E-state index in [1.54, 1.807) is 12.3 Å².